The first-order valence-electron chi connectivity index (χ1n) is 9.24. The van der Waals surface area contributed by atoms with Gasteiger partial charge in [-0.25, -0.2) is 0 Å². The lowest BCUT2D eigenvalue weighted by Crippen LogP contribution is -2.51. The van der Waals surface area contributed by atoms with Crippen LogP contribution in [0.25, 0.3) is 0 Å². The Labute approximate surface area is 161 Å². The number of hydrogen-bond donors (Lipinski definition) is 2. The molecule has 0 unspecified atom stereocenters. The van der Waals surface area contributed by atoms with Gasteiger partial charge in [-0.1, -0.05) is 48.0 Å². The molecular weight excluding hydrogens is 338 g/mol. The number of primary amides is 1. The van der Waals surface area contributed by atoms with Crippen LogP contribution in [0.4, 0.5) is 5.69 Å². The van der Waals surface area contributed by atoms with E-state index in [1.54, 1.807) is 4.90 Å². The van der Waals surface area contributed by atoms with E-state index < -0.39 is 11.4 Å². The molecular formula is C22H29N3O2. The Morgan fingerprint density at radius 3 is 2.22 bits per heavy atom. The summed E-state index contributed by atoms with van der Waals surface area (Å²) in [5.74, 6) is -0.461. The summed E-state index contributed by atoms with van der Waals surface area (Å²) in [6, 6.07) is 17.9. The van der Waals surface area contributed by atoms with Gasteiger partial charge in [0.15, 0.2) is 0 Å². The van der Waals surface area contributed by atoms with Crippen LogP contribution in [0.1, 0.15) is 31.4 Å². The topological polar surface area (TPSA) is 75.4 Å². The van der Waals surface area contributed by atoms with Crippen molar-refractivity contribution >= 4 is 17.5 Å². The Kier molecular flexibility index (Phi) is 6.99. The van der Waals surface area contributed by atoms with Crippen LogP contribution in [0.15, 0.2) is 54.6 Å². The molecule has 2 aromatic rings. The van der Waals surface area contributed by atoms with Crippen LogP contribution in [-0.2, 0) is 16.0 Å². The van der Waals surface area contributed by atoms with E-state index in [1.165, 1.54) is 0 Å². The van der Waals surface area contributed by atoms with E-state index in [9.17, 15) is 9.59 Å². The summed E-state index contributed by atoms with van der Waals surface area (Å²) >= 11 is 0. The second-order valence-electron chi connectivity index (χ2n) is 7.36. The van der Waals surface area contributed by atoms with Gasteiger partial charge in [-0.05, 0) is 44.9 Å². The zero-order valence-electron chi connectivity index (χ0n) is 16.4. The highest BCUT2D eigenvalue weighted by molar-refractivity contribution is 5.89. The van der Waals surface area contributed by atoms with Gasteiger partial charge in [0.1, 0.15) is 5.54 Å². The number of benzene rings is 2. The summed E-state index contributed by atoms with van der Waals surface area (Å²) in [6.45, 7) is 6.59. The molecule has 5 heteroatoms. The van der Waals surface area contributed by atoms with Crippen molar-refractivity contribution in [3.05, 3.63) is 65.7 Å². The predicted octanol–water partition coefficient (Wildman–Crippen LogP) is 3.13. The van der Waals surface area contributed by atoms with Crippen LogP contribution in [0.2, 0.25) is 0 Å². The van der Waals surface area contributed by atoms with Crippen molar-refractivity contribution in [1.82, 2.24) is 4.90 Å². The molecule has 5 nitrogen and oxygen atoms in total. The van der Waals surface area contributed by atoms with Gasteiger partial charge in [0.25, 0.3) is 0 Å². The molecule has 0 spiro atoms. The summed E-state index contributed by atoms with van der Waals surface area (Å²) < 4.78 is 0. The van der Waals surface area contributed by atoms with Gasteiger partial charge < -0.3 is 16.0 Å². The molecule has 0 aromatic heterocycles. The van der Waals surface area contributed by atoms with E-state index in [1.807, 2.05) is 75.4 Å². The molecule has 0 heterocycles. The highest BCUT2D eigenvalue weighted by atomic mass is 16.2. The van der Waals surface area contributed by atoms with Gasteiger partial charge >= 0.3 is 0 Å². The highest BCUT2D eigenvalue weighted by Gasteiger charge is 2.32. The van der Waals surface area contributed by atoms with Crippen LogP contribution in [0.5, 0.6) is 0 Å². The molecule has 0 aliphatic rings. The number of anilines is 1. The van der Waals surface area contributed by atoms with Gasteiger partial charge in [0, 0.05) is 25.2 Å². The molecule has 3 N–H and O–H groups in total. The van der Waals surface area contributed by atoms with E-state index in [4.69, 9.17) is 5.73 Å². The van der Waals surface area contributed by atoms with Gasteiger partial charge in [-0.15, -0.1) is 0 Å². The van der Waals surface area contributed by atoms with E-state index in [2.05, 4.69) is 5.32 Å². The molecule has 0 saturated carbocycles. The lowest BCUT2D eigenvalue weighted by Gasteiger charge is -2.33. The minimum atomic E-state index is -0.802. The summed E-state index contributed by atoms with van der Waals surface area (Å²) in [5, 5.41) is 3.30. The van der Waals surface area contributed by atoms with Crippen molar-refractivity contribution < 1.29 is 9.59 Å². The molecule has 144 valence electrons. The lowest BCUT2D eigenvalue weighted by atomic mass is 10.0. The van der Waals surface area contributed by atoms with Gasteiger partial charge in [-0.3, -0.25) is 9.59 Å². The fourth-order valence-electron chi connectivity index (χ4n) is 2.92. The van der Waals surface area contributed by atoms with Crippen molar-refractivity contribution in [3.63, 3.8) is 0 Å². The Bertz CT molecular complexity index is 755. The molecule has 0 fully saturated rings. The SMILES string of the molecule is Cc1ccc(NC(C)(C)C(=O)N(CCC(N)=O)CCc2ccccc2)cc1. The van der Waals surface area contributed by atoms with E-state index in [-0.39, 0.29) is 12.3 Å². The van der Waals surface area contributed by atoms with Gasteiger partial charge in [-0.2, -0.15) is 0 Å². The van der Waals surface area contributed by atoms with Gasteiger partial charge in [0.2, 0.25) is 11.8 Å². The van der Waals surface area contributed by atoms with Crippen LogP contribution in [0.3, 0.4) is 0 Å². The normalized spacial score (nSPS) is 11.1. The number of aryl methyl sites for hydroxylation is 1. The standard InChI is InChI=1S/C22H29N3O2/c1-17-9-11-19(12-10-17)24-22(2,3)21(27)25(16-14-20(23)26)15-13-18-7-5-4-6-8-18/h4-12,24H,13-16H2,1-3H3,(H2,23,26). The van der Waals surface area contributed by atoms with Crippen molar-refractivity contribution in [2.75, 3.05) is 18.4 Å². The fraction of sp³-hybridized carbons (Fsp3) is 0.364. The van der Waals surface area contributed by atoms with Crippen molar-refractivity contribution in [1.29, 1.82) is 0 Å². The van der Waals surface area contributed by atoms with E-state index in [0.29, 0.717) is 13.1 Å². The largest absolute Gasteiger partial charge is 0.372 e. The average Bonchev–Trinajstić information content (AvgIpc) is 2.63. The number of nitrogens with one attached hydrogen (secondary N) is 1. The highest BCUT2D eigenvalue weighted by Crippen LogP contribution is 2.19. The Balaban J connectivity index is 2.09. The van der Waals surface area contributed by atoms with Crippen molar-refractivity contribution in [3.8, 4) is 0 Å². The predicted molar refractivity (Wildman–Crippen MR) is 109 cm³/mol. The molecule has 2 rings (SSSR count). The van der Waals surface area contributed by atoms with Crippen LogP contribution in [0, 0.1) is 6.92 Å². The van der Waals surface area contributed by atoms with Crippen LogP contribution >= 0.6 is 0 Å². The second-order valence-corrected chi connectivity index (χ2v) is 7.36. The smallest absolute Gasteiger partial charge is 0.247 e. The third-order valence-corrected chi connectivity index (χ3v) is 4.47. The number of carbonyl (C=O) groups is 2. The quantitative estimate of drug-likeness (QED) is 0.715. The fourth-order valence-corrected chi connectivity index (χ4v) is 2.92. The minimum absolute atomic E-state index is 0.0553. The van der Waals surface area contributed by atoms with Crippen LogP contribution in [-0.4, -0.2) is 35.3 Å². The van der Waals surface area contributed by atoms with E-state index in [0.717, 1.165) is 23.2 Å². The Morgan fingerprint density at radius 1 is 1.00 bits per heavy atom. The molecule has 0 aliphatic heterocycles. The number of carbonyl (C=O) groups excluding carboxylic acids is 2. The third-order valence-electron chi connectivity index (χ3n) is 4.47. The third kappa shape index (κ3) is 6.44. The van der Waals surface area contributed by atoms with Crippen molar-refractivity contribution in [2.24, 2.45) is 5.73 Å². The average molecular weight is 367 g/mol. The number of nitrogens with two attached hydrogens (primary N) is 1. The van der Waals surface area contributed by atoms with Crippen LogP contribution < -0.4 is 11.1 Å². The zero-order valence-corrected chi connectivity index (χ0v) is 16.4. The number of amides is 2. The molecule has 0 atom stereocenters. The first-order valence-corrected chi connectivity index (χ1v) is 9.24. The summed E-state index contributed by atoms with van der Waals surface area (Å²) in [6.07, 6.45) is 0.882. The maximum absolute atomic E-state index is 13.2. The number of hydrogen-bond acceptors (Lipinski definition) is 3. The first kappa shape index (κ1) is 20.5. The van der Waals surface area contributed by atoms with E-state index >= 15 is 0 Å². The Morgan fingerprint density at radius 2 is 1.63 bits per heavy atom. The van der Waals surface area contributed by atoms with Gasteiger partial charge in [0.05, 0.1) is 0 Å². The number of rotatable bonds is 9. The molecule has 2 aromatic carbocycles. The lowest BCUT2D eigenvalue weighted by molar-refractivity contribution is -0.135. The maximum atomic E-state index is 13.2. The maximum Gasteiger partial charge on any atom is 0.247 e. The first-order chi connectivity index (χ1) is 12.8. The molecule has 2 amide bonds. The van der Waals surface area contributed by atoms with Crippen molar-refractivity contribution in [2.45, 2.75) is 39.2 Å². The second kappa shape index (κ2) is 9.21. The monoisotopic (exact) mass is 367 g/mol. The molecule has 0 bridgehead atoms. The molecule has 0 aliphatic carbocycles. The molecule has 27 heavy (non-hydrogen) atoms. The summed E-state index contributed by atoms with van der Waals surface area (Å²) in [4.78, 5) is 26.1. The molecule has 0 saturated heterocycles. The summed E-state index contributed by atoms with van der Waals surface area (Å²) in [7, 11) is 0. The minimum Gasteiger partial charge on any atom is -0.372 e. The number of nitrogens with zero attached hydrogens (tertiary/aromatic N) is 1. The summed E-state index contributed by atoms with van der Waals surface area (Å²) in [5.41, 5.74) is 7.70. The molecule has 0 radical (unpaired) electrons. The zero-order chi connectivity index (χ0) is 19.9. The Hall–Kier alpha value is -2.82.